The lowest BCUT2D eigenvalue weighted by molar-refractivity contribution is 0.367. The number of alkyl halides is 1. The van der Waals surface area contributed by atoms with E-state index in [4.69, 9.17) is 0 Å². The second-order valence-corrected chi connectivity index (χ2v) is 8.70. The molecule has 102 valence electrons. The summed E-state index contributed by atoms with van der Waals surface area (Å²) < 4.78 is 26.2. The van der Waals surface area contributed by atoms with Gasteiger partial charge in [0.2, 0.25) is 10.0 Å². The number of sulfonamides is 1. The van der Waals surface area contributed by atoms with Crippen LogP contribution in [0.25, 0.3) is 0 Å². The van der Waals surface area contributed by atoms with Crippen molar-refractivity contribution in [2.24, 2.45) is 11.8 Å². The molecule has 1 aliphatic rings. The van der Waals surface area contributed by atoms with Gasteiger partial charge in [0, 0.05) is 11.4 Å². The van der Waals surface area contributed by atoms with Crippen molar-refractivity contribution < 1.29 is 8.42 Å². The highest BCUT2D eigenvalue weighted by atomic mass is 79.9. The third-order valence-electron chi connectivity index (χ3n) is 3.27. The van der Waals surface area contributed by atoms with Crippen LogP contribution in [-0.2, 0) is 10.0 Å². The summed E-state index contributed by atoms with van der Waals surface area (Å²) >= 11 is 3.62. The fourth-order valence-corrected chi connectivity index (χ4v) is 4.39. The Morgan fingerprint density at radius 2 is 2.06 bits per heavy atom. The second-order valence-electron chi connectivity index (χ2n) is 5.48. The summed E-state index contributed by atoms with van der Waals surface area (Å²) in [4.78, 5) is 0.571. The van der Waals surface area contributed by atoms with Gasteiger partial charge in [-0.3, -0.25) is 0 Å². The Labute approximate surface area is 114 Å². The molecule has 0 spiro atoms. The minimum absolute atomic E-state index is 0.259. The molecule has 0 saturated heterocycles. The van der Waals surface area contributed by atoms with Crippen LogP contribution in [0, 0.1) is 11.8 Å². The van der Waals surface area contributed by atoms with E-state index in [1.165, 1.54) is 12.8 Å². The Morgan fingerprint density at radius 1 is 1.35 bits per heavy atom. The van der Waals surface area contributed by atoms with Gasteiger partial charge in [0.15, 0.2) is 0 Å². The molecule has 1 fully saturated rings. The van der Waals surface area contributed by atoms with Crippen molar-refractivity contribution in [3.8, 4) is 0 Å². The lowest BCUT2D eigenvalue weighted by atomic mass is 9.89. The number of hydrogen-bond acceptors (Lipinski definition) is 2. The van der Waals surface area contributed by atoms with Crippen molar-refractivity contribution in [2.75, 3.05) is 12.3 Å². The van der Waals surface area contributed by atoms with E-state index in [-0.39, 0.29) is 5.75 Å². The summed E-state index contributed by atoms with van der Waals surface area (Å²) in [7, 11) is -3.06. The van der Waals surface area contributed by atoms with Gasteiger partial charge in [0.25, 0.3) is 0 Å². The minimum Gasteiger partial charge on any atom is -0.215 e. The Bertz CT molecular complexity index is 316. The van der Waals surface area contributed by atoms with Crippen LogP contribution in [0.5, 0.6) is 0 Å². The topological polar surface area (TPSA) is 46.2 Å². The van der Waals surface area contributed by atoms with Gasteiger partial charge in [-0.15, -0.1) is 0 Å². The second kappa shape index (κ2) is 7.10. The first-order valence-electron chi connectivity index (χ1n) is 6.50. The fourth-order valence-electron chi connectivity index (χ4n) is 2.12. The molecule has 17 heavy (non-hydrogen) atoms. The monoisotopic (exact) mass is 325 g/mol. The van der Waals surface area contributed by atoms with Gasteiger partial charge in [0.05, 0.1) is 5.75 Å². The highest BCUT2D eigenvalue weighted by Gasteiger charge is 2.21. The number of nitrogens with one attached hydrogen (secondary N) is 1. The molecule has 0 aromatic heterocycles. The van der Waals surface area contributed by atoms with Crippen molar-refractivity contribution in [3.05, 3.63) is 0 Å². The lowest BCUT2D eigenvalue weighted by Gasteiger charge is -2.25. The Morgan fingerprint density at radius 3 is 2.65 bits per heavy atom. The summed E-state index contributed by atoms with van der Waals surface area (Å²) in [5, 5.41) is 0. The predicted octanol–water partition coefficient (Wildman–Crippen LogP) is 2.91. The first kappa shape index (κ1) is 15.4. The molecule has 3 nitrogen and oxygen atoms in total. The molecule has 0 bridgehead atoms. The molecule has 0 aliphatic heterocycles. The van der Waals surface area contributed by atoms with Crippen molar-refractivity contribution in [2.45, 2.75) is 50.8 Å². The summed E-state index contributed by atoms with van der Waals surface area (Å²) in [6.07, 6.45) is 5.40. The molecule has 2 unspecified atom stereocenters. The molecule has 0 aromatic carbocycles. The molecule has 5 heteroatoms. The number of hydrogen-bond donors (Lipinski definition) is 1. The Balaban J connectivity index is 2.28. The maximum atomic E-state index is 11.7. The highest BCUT2D eigenvalue weighted by molar-refractivity contribution is 9.09. The van der Waals surface area contributed by atoms with Crippen LogP contribution >= 0.6 is 15.9 Å². The van der Waals surface area contributed by atoms with E-state index in [1.807, 2.05) is 13.8 Å². The van der Waals surface area contributed by atoms with E-state index in [0.717, 1.165) is 19.3 Å². The number of rotatable bonds is 6. The minimum atomic E-state index is -3.06. The Hall–Kier alpha value is 0.390. The molecular formula is C12H24BrNO2S. The van der Waals surface area contributed by atoms with E-state index in [1.54, 1.807) is 0 Å². The van der Waals surface area contributed by atoms with Crippen LogP contribution < -0.4 is 4.72 Å². The van der Waals surface area contributed by atoms with Crippen LogP contribution in [0.1, 0.15) is 46.0 Å². The van der Waals surface area contributed by atoms with Gasteiger partial charge in [-0.25, -0.2) is 13.1 Å². The SMILES string of the molecule is CC(C)CCS(=O)(=O)NCC1CCCC(Br)C1. The zero-order chi connectivity index (χ0) is 12.9. The van der Waals surface area contributed by atoms with Crippen LogP contribution in [0.4, 0.5) is 0 Å². The maximum absolute atomic E-state index is 11.7. The highest BCUT2D eigenvalue weighted by Crippen LogP contribution is 2.28. The van der Waals surface area contributed by atoms with Gasteiger partial charge in [-0.1, -0.05) is 36.2 Å². The van der Waals surface area contributed by atoms with Crippen LogP contribution in [-0.4, -0.2) is 25.5 Å². The van der Waals surface area contributed by atoms with Gasteiger partial charge in [-0.2, -0.15) is 0 Å². The summed E-state index contributed by atoms with van der Waals surface area (Å²) in [6, 6.07) is 0. The van der Waals surface area contributed by atoms with E-state index in [0.29, 0.717) is 23.2 Å². The molecule has 1 rings (SSSR count). The first-order chi connectivity index (χ1) is 7.89. The third kappa shape index (κ3) is 6.77. The van der Waals surface area contributed by atoms with Gasteiger partial charge in [0.1, 0.15) is 0 Å². The predicted molar refractivity (Wildman–Crippen MR) is 75.9 cm³/mol. The molecule has 0 radical (unpaired) electrons. The molecule has 0 aromatic rings. The first-order valence-corrected chi connectivity index (χ1v) is 9.07. The molecular weight excluding hydrogens is 302 g/mol. The molecule has 2 atom stereocenters. The summed E-state index contributed by atoms with van der Waals surface area (Å²) in [5.74, 6) is 1.20. The maximum Gasteiger partial charge on any atom is 0.211 e. The largest absolute Gasteiger partial charge is 0.215 e. The molecule has 1 aliphatic carbocycles. The zero-order valence-corrected chi connectivity index (χ0v) is 13.2. The zero-order valence-electron chi connectivity index (χ0n) is 10.8. The van der Waals surface area contributed by atoms with Gasteiger partial charge in [-0.05, 0) is 37.5 Å². The third-order valence-corrected chi connectivity index (χ3v) is 5.49. The van der Waals surface area contributed by atoms with Crippen LogP contribution in [0.15, 0.2) is 0 Å². The van der Waals surface area contributed by atoms with Crippen molar-refractivity contribution in [1.29, 1.82) is 0 Å². The van der Waals surface area contributed by atoms with Gasteiger partial charge < -0.3 is 0 Å². The number of halogens is 1. The molecule has 1 N–H and O–H groups in total. The smallest absolute Gasteiger partial charge is 0.211 e. The molecule has 1 saturated carbocycles. The standard InChI is InChI=1S/C12H24BrNO2S/c1-10(2)6-7-17(15,16)14-9-11-4-3-5-12(13)8-11/h10-12,14H,3-9H2,1-2H3. The molecule has 0 heterocycles. The van der Waals surface area contributed by atoms with E-state index >= 15 is 0 Å². The summed E-state index contributed by atoms with van der Waals surface area (Å²) in [6.45, 7) is 4.71. The average Bonchev–Trinajstić information content (AvgIpc) is 2.24. The van der Waals surface area contributed by atoms with Crippen LogP contribution in [0.3, 0.4) is 0 Å². The Kier molecular flexibility index (Phi) is 6.45. The quantitative estimate of drug-likeness (QED) is 0.763. The summed E-state index contributed by atoms with van der Waals surface area (Å²) in [5.41, 5.74) is 0. The van der Waals surface area contributed by atoms with Crippen LogP contribution in [0.2, 0.25) is 0 Å². The average molecular weight is 326 g/mol. The lowest BCUT2D eigenvalue weighted by Crippen LogP contribution is -2.33. The molecule has 0 amide bonds. The van der Waals surface area contributed by atoms with E-state index in [9.17, 15) is 8.42 Å². The van der Waals surface area contributed by atoms with Crippen molar-refractivity contribution in [3.63, 3.8) is 0 Å². The van der Waals surface area contributed by atoms with E-state index in [2.05, 4.69) is 20.7 Å². The normalized spacial score (nSPS) is 26.4. The van der Waals surface area contributed by atoms with Gasteiger partial charge >= 0.3 is 0 Å². The van der Waals surface area contributed by atoms with E-state index < -0.39 is 10.0 Å². The van der Waals surface area contributed by atoms with Crippen molar-refractivity contribution >= 4 is 26.0 Å². The van der Waals surface area contributed by atoms with Crippen molar-refractivity contribution in [1.82, 2.24) is 4.72 Å². The fraction of sp³-hybridized carbons (Fsp3) is 1.00.